The molecule has 112 valence electrons. The van der Waals surface area contributed by atoms with Gasteiger partial charge in [-0.3, -0.25) is 4.79 Å². The highest BCUT2D eigenvalue weighted by atomic mass is 16.2. The number of carbonyl (C=O) groups is 1. The lowest BCUT2D eigenvalue weighted by atomic mass is 9.90. The van der Waals surface area contributed by atoms with Crippen LogP contribution in [0, 0.1) is 5.41 Å². The minimum atomic E-state index is 0.0923. The van der Waals surface area contributed by atoms with Gasteiger partial charge in [0.2, 0.25) is 5.91 Å². The molecular formula is C16H22N4O. The van der Waals surface area contributed by atoms with Gasteiger partial charge in [0.05, 0.1) is 11.0 Å². The highest BCUT2D eigenvalue weighted by molar-refractivity contribution is 5.77. The number of carbonyl (C=O) groups excluding carboxylic acids is 1. The molecule has 3 rings (SSSR count). The summed E-state index contributed by atoms with van der Waals surface area (Å²) in [6.07, 6.45) is 2.16. The fraction of sp³-hybridized carbons (Fsp3) is 0.500. The van der Waals surface area contributed by atoms with E-state index in [1.54, 1.807) is 0 Å². The van der Waals surface area contributed by atoms with E-state index < -0.39 is 0 Å². The van der Waals surface area contributed by atoms with Gasteiger partial charge in [-0.2, -0.15) is 0 Å². The summed E-state index contributed by atoms with van der Waals surface area (Å²) in [5.74, 6) is 1.08. The van der Waals surface area contributed by atoms with Gasteiger partial charge in [-0.05, 0) is 30.5 Å². The van der Waals surface area contributed by atoms with E-state index in [4.69, 9.17) is 5.73 Å². The molecule has 1 fully saturated rings. The van der Waals surface area contributed by atoms with Crippen molar-refractivity contribution in [1.29, 1.82) is 0 Å². The van der Waals surface area contributed by atoms with Crippen molar-refractivity contribution in [3.63, 3.8) is 0 Å². The maximum Gasteiger partial charge on any atom is 0.223 e. The number of aromatic nitrogens is 2. The Morgan fingerprint density at radius 2 is 2.29 bits per heavy atom. The van der Waals surface area contributed by atoms with Crippen molar-refractivity contribution < 1.29 is 4.79 Å². The van der Waals surface area contributed by atoms with E-state index in [-0.39, 0.29) is 11.3 Å². The molecule has 5 nitrogen and oxygen atoms in total. The van der Waals surface area contributed by atoms with Gasteiger partial charge in [-0.15, -0.1) is 0 Å². The number of hydrogen-bond acceptors (Lipinski definition) is 3. The minimum Gasteiger partial charge on any atom is -0.342 e. The van der Waals surface area contributed by atoms with Crippen molar-refractivity contribution >= 4 is 16.9 Å². The monoisotopic (exact) mass is 286 g/mol. The number of amides is 1. The van der Waals surface area contributed by atoms with Crippen LogP contribution in [0.4, 0.5) is 0 Å². The van der Waals surface area contributed by atoms with Gasteiger partial charge in [0, 0.05) is 25.9 Å². The van der Waals surface area contributed by atoms with Crippen LogP contribution < -0.4 is 5.73 Å². The van der Waals surface area contributed by atoms with Crippen molar-refractivity contribution in [1.82, 2.24) is 14.9 Å². The topological polar surface area (TPSA) is 75.0 Å². The summed E-state index contributed by atoms with van der Waals surface area (Å²) in [6, 6.07) is 7.93. The first-order chi connectivity index (χ1) is 10.1. The third-order valence-electron chi connectivity index (χ3n) is 4.42. The summed E-state index contributed by atoms with van der Waals surface area (Å²) >= 11 is 0. The van der Waals surface area contributed by atoms with Crippen LogP contribution in [0.25, 0.3) is 11.0 Å². The molecule has 1 aromatic heterocycles. The quantitative estimate of drug-likeness (QED) is 0.898. The standard InChI is InChI=1S/C16H22N4O/c1-16(10-17)8-9-20(11-16)15(21)7-6-14-18-12-4-2-3-5-13(12)19-14/h2-5H,6-11,17H2,1H3,(H,18,19). The second-order valence-corrected chi connectivity index (χ2v) is 6.28. The van der Waals surface area contributed by atoms with Crippen LogP contribution in [-0.4, -0.2) is 40.4 Å². The molecular weight excluding hydrogens is 264 g/mol. The Kier molecular flexibility index (Phi) is 3.68. The number of aryl methyl sites for hydroxylation is 1. The number of benzene rings is 1. The number of para-hydroxylation sites is 2. The third-order valence-corrected chi connectivity index (χ3v) is 4.42. The Labute approximate surface area is 124 Å². The first-order valence-corrected chi connectivity index (χ1v) is 7.51. The predicted molar refractivity (Wildman–Crippen MR) is 82.8 cm³/mol. The van der Waals surface area contributed by atoms with Crippen molar-refractivity contribution in [3.8, 4) is 0 Å². The van der Waals surface area contributed by atoms with Crippen molar-refractivity contribution in [2.24, 2.45) is 11.1 Å². The number of imidazole rings is 1. The van der Waals surface area contributed by atoms with Gasteiger partial charge in [-0.1, -0.05) is 19.1 Å². The molecule has 2 heterocycles. The number of nitrogens with two attached hydrogens (primary N) is 1. The smallest absolute Gasteiger partial charge is 0.223 e. The second-order valence-electron chi connectivity index (χ2n) is 6.28. The van der Waals surface area contributed by atoms with Crippen LogP contribution in [0.3, 0.4) is 0 Å². The molecule has 1 unspecified atom stereocenters. The van der Waals surface area contributed by atoms with Crippen LogP contribution in [0.15, 0.2) is 24.3 Å². The number of likely N-dealkylation sites (tertiary alicyclic amines) is 1. The van der Waals surface area contributed by atoms with E-state index in [9.17, 15) is 4.79 Å². The van der Waals surface area contributed by atoms with Crippen LogP contribution in [0.2, 0.25) is 0 Å². The number of aromatic amines is 1. The number of nitrogens with one attached hydrogen (secondary N) is 1. The van der Waals surface area contributed by atoms with Crippen molar-refractivity contribution in [3.05, 3.63) is 30.1 Å². The highest BCUT2D eigenvalue weighted by Gasteiger charge is 2.34. The van der Waals surface area contributed by atoms with Gasteiger partial charge >= 0.3 is 0 Å². The molecule has 0 aliphatic carbocycles. The summed E-state index contributed by atoms with van der Waals surface area (Å²) in [7, 11) is 0. The molecule has 1 aliphatic rings. The third kappa shape index (κ3) is 2.93. The molecule has 3 N–H and O–H groups in total. The van der Waals surface area contributed by atoms with Gasteiger partial charge in [-0.25, -0.2) is 4.98 Å². The van der Waals surface area contributed by atoms with Crippen LogP contribution >= 0.6 is 0 Å². The molecule has 1 saturated heterocycles. The molecule has 21 heavy (non-hydrogen) atoms. The molecule has 1 atom stereocenters. The number of nitrogens with zero attached hydrogens (tertiary/aromatic N) is 2. The molecule has 2 aromatic rings. The van der Waals surface area contributed by atoms with Gasteiger partial charge < -0.3 is 15.6 Å². The van der Waals surface area contributed by atoms with E-state index in [2.05, 4.69) is 16.9 Å². The molecule has 1 amide bonds. The summed E-state index contributed by atoms with van der Waals surface area (Å²) in [5.41, 5.74) is 7.86. The lowest BCUT2D eigenvalue weighted by Crippen LogP contribution is -2.34. The molecule has 1 aliphatic heterocycles. The Bertz CT molecular complexity index is 618. The number of fused-ring (bicyclic) bond motifs is 1. The van der Waals surface area contributed by atoms with E-state index in [1.807, 2.05) is 29.2 Å². The normalized spacial score (nSPS) is 22.1. The first kappa shape index (κ1) is 14.1. The molecule has 0 spiro atoms. The molecule has 0 saturated carbocycles. The Morgan fingerprint density at radius 3 is 3.00 bits per heavy atom. The average Bonchev–Trinajstić information content (AvgIpc) is 3.08. The largest absolute Gasteiger partial charge is 0.342 e. The van der Waals surface area contributed by atoms with Crippen LogP contribution in [-0.2, 0) is 11.2 Å². The molecule has 1 aromatic carbocycles. The zero-order valence-electron chi connectivity index (χ0n) is 12.4. The summed E-state index contributed by atoms with van der Waals surface area (Å²) in [5, 5.41) is 0. The number of hydrogen-bond donors (Lipinski definition) is 2. The Morgan fingerprint density at radius 1 is 1.48 bits per heavy atom. The lowest BCUT2D eigenvalue weighted by Gasteiger charge is -2.22. The molecule has 0 radical (unpaired) electrons. The number of rotatable bonds is 4. The van der Waals surface area contributed by atoms with Crippen molar-refractivity contribution in [2.45, 2.75) is 26.2 Å². The van der Waals surface area contributed by atoms with Gasteiger partial charge in [0.25, 0.3) is 0 Å². The van der Waals surface area contributed by atoms with E-state index in [0.717, 1.165) is 36.4 Å². The predicted octanol–water partition coefficient (Wildman–Crippen LogP) is 1.69. The zero-order valence-corrected chi connectivity index (χ0v) is 12.4. The summed E-state index contributed by atoms with van der Waals surface area (Å²) < 4.78 is 0. The maximum atomic E-state index is 12.3. The summed E-state index contributed by atoms with van der Waals surface area (Å²) in [6.45, 7) is 4.40. The highest BCUT2D eigenvalue weighted by Crippen LogP contribution is 2.28. The Balaban J connectivity index is 1.59. The van der Waals surface area contributed by atoms with E-state index >= 15 is 0 Å². The SMILES string of the molecule is CC1(CN)CCN(C(=O)CCc2nc3ccccc3[nH]2)C1. The van der Waals surface area contributed by atoms with Gasteiger partial charge in [0.1, 0.15) is 5.82 Å². The molecule has 5 heteroatoms. The van der Waals surface area contributed by atoms with E-state index in [0.29, 0.717) is 19.4 Å². The van der Waals surface area contributed by atoms with Crippen molar-refractivity contribution in [2.75, 3.05) is 19.6 Å². The Hall–Kier alpha value is -1.88. The minimum absolute atomic E-state index is 0.0923. The maximum absolute atomic E-state index is 12.3. The average molecular weight is 286 g/mol. The van der Waals surface area contributed by atoms with Crippen LogP contribution in [0.5, 0.6) is 0 Å². The lowest BCUT2D eigenvalue weighted by molar-refractivity contribution is -0.130. The first-order valence-electron chi connectivity index (χ1n) is 7.51. The fourth-order valence-corrected chi connectivity index (χ4v) is 2.91. The zero-order chi connectivity index (χ0) is 14.9. The summed E-state index contributed by atoms with van der Waals surface area (Å²) in [4.78, 5) is 22.0. The van der Waals surface area contributed by atoms with E-state index in [1.165, 1.54) is 0 Å². The number of H-pyrrole nitrogens is 1. The van der Waals surface area contributed by atoms with Gasteiger partial charge in [0.15, 0.2) is 0 Å². The van der Waals surface area contributed by atoms with Crippen LogP contribution in [0.1, 0.15) is 25.6 Å². The second kappa shape index (κ2) is 5.48. The molecule has 0 bridgehead atoms. The fourth-order valence-electron chi connectivity index (χ4n) is 2.91.